The zero-order valence-electron chi connectivity index (χ0n) is 13.2. The zero-order valence-corrected chi connectivity index (χ0v) is 13.9. The first-order valence-corrected chi connectivity index (χ1v) is 7.90. The fourth-order valence-electron chi connectivity index (χ4n) is 2.79. The van der Waals surface area contributed by atoms with Gasteiger partial charge in [0.1, 0.15) is 5.60 Å². The van der Waals surface area contributed by atoms with Crippen LogP contribution >= 0.6 is 11.6 Å². The van der Waals surface area contributed by atoms with E-state index in [0.29, 0.717) is 30.6 Å². The molecule has 1 saturated heterocycles. The van der Waals surface area contributed by atoms with Crippen molar-refractivity contribution in [2.24, 2.45) is 0 Å². The smallest absolute Gasteiger partial charge is 0.410 e. The van der Waals surface area contributed by atoms with E-state index in [1.807, 2.05) is 20.8 Å². The summed E-state index contributed by atoms with van der Waals surface area (Å²) in [5.74, 6) is 0.686. The Balaban J connectivity index is 1.71. The van der Waals surface area contributed by atoms with Crippen molar-refractivity contribution in [3.8, 4) is 0 Å². The van der Waals surface area contributed by atoms with Crippen LogP contribution in [0, 0.1) is 0 Å². The molecule has 120 valence electrons. The van der Waals surface area contributed by atoms with Gasteiger partial charge in [-0.25, -0.2) is 14.8 Å². The van der Waals surface area contributed by atoms with Crippen molar-refractivity contribution in [2.45, 2.75) is 44.8 Å². The maximum atomic E-state index is 12.3. The molecule has 1 aliphatic carbocycles. The number of halogens is 1. The van der Waals surface area contributed by atoms with Crippen LogP contribution in [0.5, 0.6) is 0 Å². The third-order valence-corrected chi connectivity index (χ3v) is 4.17. The van der Waals surface area contributed by atoms with Crippen LogP contribution in [-0.2, 0) is 4.74 Å². The fourth-order valence-corrected chi connectivity index (χ4v) is 2.89. The van der Waals surface area contributed by atoms with E-state index in [4.69, 9.17) is 16.3 Å². The SMILES string of the molecule is CC(C)(C)OC(=O)N1CCN(c2ncc(Cl)cn2)C2(CC2)C1. The van der Waals surface area contributed by atoms with Crippen LogP contribution in [0.1, 0.15) is 33.6 Å². The third-order valence-electron chi connectivity index (χ3n) is 3.98. The Bertz CT molecular complexity index is 566. The molecule has 1 amide bonds. The van der Waals surface area contributed by atoms with Gasteiger partial charge in [0.2, 0.25) is 5.95 Å². The number of piperazine rings is 1. The van der Waals surface area contributed by atoms with Crippen LogP contribution < -0.4 is 4.90 Å². The normalized spacial score (nSPS) is 20.2. The topological polar surface area (TPSA) is 58.6 Å². The molecule has 3 rings (SSSR count). The molecule has 1 spiro atoms. The minimum absolute atomic E-state index is 0.0387. The maximum Gasteiger partial charge on any atom is 0.410 e. The Morgan fingerprint density at radius 1 is 1.27 bits per heavy atom. The van der Waals surface area contributed by atoms with Gasteiger partial charge in [-0.2, -0.15) is 0 Å². The Kier molecular flexibility index (Phi) is 3.67. The second-order valence-electron chi connectivity index (χ2n) is 6.98. The number of hydrogen-bond donors (Lipinski definition) is 0. The molecular formula is C15H21ClN4O2. The van der Waals surface area contributed by atoms with Gasteiger partial charge in [0.05, 0.1) is 23.0 Å². The molecule has 2 aliphatic rings. The Labute approximate surface area is 135 Å². The summed E-state index contributed by atoms with van der Waals surface area (Å²) >= 11 is 5.85. The Morgan fingerprint density at radius 3 is 2.45 bits per heavy atom. The number of carbonyl (C=O) groups excluding carboxylic acids is 1. The first-order chi connectivity index (χ1) is 10.3. The van der Waals surface area contributed by atoms with Crippen LogP contribution in [0.25, 0.3) is 0 Å². The van der Waals surface area contributed by atoms with E-state index in [1.165, 1.54) is 0 Å². The van der Waals surface area contributed by atoms with Crippen LogP contribution in [0.2, 0.25) is 5.02 Å². The number of anilines is 1. The van der Waals surface area contributed by atoms with Crippen molar-refractivity contribution in [2.75, 3.05) is 24.5 Å². The molecule has 0 radical (unpaired) electrons. The molecule has 0 N–H and O–H groups in total. The molecule has 1 saturated carbocycles. The number of nitrogens with zero attached hydrogens (tertiary/aromatic N) is 4. The molecule has 0 aromatic carbocycles. The van der Waals surface area contributed by atoms with E-state index in [1.54, 1.807) is 17.3 Å². The second-order valence-corrected chi connectivity index (χ2v) is 7.42. The minimum atomic E-state index is -0.468. The van der Waals surface area contributed by atoms with Gasteiger partial charge < -0.3 is 14.5 Å². The number of amides is 1. The summed E-state index contributed by atoms with van der Waals surface area (Å²) in [5.41, 5.74) is -0.507. The van der Waals surface area contributed by atoms with Gasteiger partial charge in [-0.1, -0.05) is 11.6 Å². The van der Waals surface area contributed by atoms with Crippen molar-refractivity contribution in [1.29, 1.82) is 0 Å². The predicted molar refractivity (Wildman–Crippen MR) is 84.2 cm³/mol. The van der Waals surface area contributed by atoms with Gasteiger partial charge >= 0.3 is 6.09 Å². The van der Waals surface area contributed by atoms with Crippen molar-refractivity contribution < 1.29 is 9.53 Å². The lowest BCUT2D eigenvalue weighted by molar-refractivity contribution is 0.0204. The average Bonchev–Trinajstić information content (AvgIpc) is 3.18. The quantitative estimate of drug-likeness (QED) is 0.795. The highest BCUT2D eigenvalue weighted by molar-refractivity contribution is 6.30. The Morgan fingerprint density at radius 2 is 1.91 bits per heavy atom. The summed E-state index contributed by atoms with van der Waals surface area (Å²) in [6.45, 7) is 7.64. The van der Waals surface area contributed by atoms with Crippen molar-refractivity contribution in [3.63, 3.8) is 0 Å². The lowest BCUT2D eigenvalue weighted by atomic mass is 10.1. The molecule has 1 aliphatic heterocycles. The minimum Gasteiger partial charge on any atom is -0.444 e. The molecule has 2 fully saturated rings. The molecule has 1 aromatic heterocycles. The number of rotatable bonds is 1. The van der Waals surface area contributed by atoms with Crippen LogP contribution in [0.3, 0.4) is 0 Å². The number of hydrogen-bond acceptors (Lipinski definition) is 5. The molecule has 1 aromatic rings. The zero-order chi connectivity index (χ0) is 16.0. The lowest BCUT2D eigenvalue weighted by Gasteiger charge is -2.42. The summed E-state index contributed by atoms with van der Waals surface area (Å²) in [4.78, 5) is 24.9. The van der Waals surface area contributed by atoms with Gasteiger partial charge in [0, 0.05) is 19.6 Å². The van der Waals surface area contributed by atoms with Gasteiger partial charge in [0.25, 0.3) is 0 Å². The molecule has 22 heavy (non-hydrogen) atoms. The summed E-state index contributed by atoms with van der Waals surface area (Å²) < 4.78 is 5.47. The molecule has 7 heteroatoms. The molecule has 0 atom stereocenters. The summed E-state index contributed by atoms with van der Waals surface area (Å²) in [6, 6.07) is 0. The maximum absolute atomic E-state index is 12.3. The van der Waals surface area contributed by atoms with E-state index >= 15 is 0 Å². The molecule has 6 nitrogen and oxygen atoms in total. The summed E-state index contributed by atoms with van der Waals surface area (Å²) in [7, 11) is 0. The monoisotopic (exact) mass is 324 g/mol. The van der Waals surface area contributed by atoms with E-state index in [0.717, 1.165) is 12.8 Å². The van der Waals surface area contributed by atoms with Crippen LogP contribution in [0.4, 0.5) is 10.7 Å². The third kappa shape index (κ3) is 3.11. The van der Waals surface area contributed by atoms with Crippen LogP contribution in [-0.4, -0.2) is 51.7 Å². The van der Waals surface area contributed by atoms with E-state index in [2.05, 4.69) is 14.9 Å². The van der Waals surface area contributed by atoms with Gasteiger partial charge in [0.15, 0.2) is 0 Å². The predicted octanol–water partition coefficient (Wildman–Crippen LogP) is 2.72. The van der Waals surface area contributed by atoms with Crippen molar-refractivity contribution in [1.82, 2.24) is 14.9 Å². The van der Waals surface area contributed by atoms with Crippen molar-refractivity contribution >= 4 is 23.6 Å². The highest BCUT2D eigenvalue weighted by Crippen LogP contribution is 2.45. The Hall–Kier alpha value is -1.56. The van der Waals surface area contributed by atoms with Gasteiger partial charge in [-0.15, -0.1) is 0 Å². The number of aromatic nitrogens is 2. The van der Waals surface area contributed by atoms with Crippen molar-refractivity contribution in [3.05, 3.63) is 17.4 Å². The molecule has 0 unspecified atom stereocenters. The standard InChI is InChI=1S/C15H21ClN4O2/c1-14(2,3)22-13(21)19-6-7-20(15(10-19)4-5-15)12-17-8-11(16)9-18-12/h8-9H,4-7,10H2,1-3H3. The number of ether oxygens (including phenoxy) is 1. The highest BCUT2D eigenvalue weighted by Gasteiger charge is 2.53. The summed E-state index contributed by atoms with van der Waals surface area (Å²) in [5, 5.41) is 0.529. The van der Waals surface area contributed by atoms with E-state index in [9.17, 15) is 4.79 Å². The van der Waals surface area contributed by atoms with Gasteiger partial charge in [-0.3, -0.25) is 0 Å². The first-order valence-electron chi connectivity index (χ1n) is 7.52. The average molecular weight is 325 g/mol. The van der Waals surface area contributed by atoms with Crippen LogP contribution in [0.15, 0.2) is 12.4 Å². The fraction of sp³-hybridized carbons (Fsp3) is 0.667. The first kappa shape index (κ1) is 15.3. The molecule has 0 bridgehead atoms. The largest absolute Gasteiger partial charge is 0.444 e. The highest BCUT2D eigenvalue weighted by atomic mass is 35.5. The molecular weight excluding hydrogens is 304 g/mol. The lowest BCUT2D eigenvalue weighted by Crippen LogP contribution is -2.57. The summed E-state index contributed by atoms with van der Waals surface area (Å²) in [6.07, 6.45) is 5.06. The van der Waals surface area contributed by atoms with Gasteiger partial charge in [-0.05, 0) is 33.6 Å². The molecule has 2 heterocycles. The second kappa shape index (κ2) is 5.26. The number of carbonyl (C=O) groups is 1. The van der Waals surface area contributed by atoms with E-state index < -0.39 is 5.60 Å². The van der Waals surface area contributed by atoms with E-state index in [-0.39, 0.29) is 11.6 Å².